The molecule has 2 rings (SSSR count). The number of amides is 1. The van der Waals surface area contributed by atoms with Crippen LogP contribution in [-0.4, -0.2) is 23.4 Å². The van der Waals surface area contributed by atoms with Crippen LogP contribution in [0.2, 0.25) is 10.0 Å². The molecule has 0 aliphatic rings. The molecule has 26 heavy (non-hydrogen) atoms. The number of aryl methyl sites for hydroxylation is 2. The highest BCUT2D eigenvalue weighted by atomic mass is 35.5. The Balaban J connectivity index is 2.06. The largest absolute Gasteiger partial charge is 0.452 e. The summed E-state index contributed by atoms with van der Waals surface area (Å²) in [6.07, 6.45) is 0. The Labute approximate surface area is 159 Å². The van der Waals surface area contributed by atoms with Crippen molar-refractivity contribution in [1.29, 1.82) is 0 Å². The average Bonchev–Trinajstić information content (AvgIpc) is 2.55. The van der Waals surface area contributed by atoms with Crippen molar-refractivity contribution >= 4 is 46.5 Å². The standard InChI is InChI=1S/C17H14Cl2N2O5/c1-9-5-14(15(21(24)25)6-10(9)2)20-16(22)8-26-17(23)12-4-3-11(18)7-13(12)19/h3-7H,8H2,1-2H3,(H,20,22). The number of esters is 1. The first-order valence-corrected chi connectivity index (χ1v) is 8.12. The van der Waals surface area contributed by atoms with E-state index in [2.05, 4.69) is 5.32 Å². The van der Waals surface area contributed by atoms with Gasteiger partial charge in [-0.2, -0.15) is 0 Å². The number of benzene rings is 2. The first kappa shape index (κ1) is 19.7. The molecule has 0 bridgehead atoms. The minimum absolute atomic E-state index is 0.0312. The molecule has 0 aromatic heterocycles. The molecule has 2 aromatic carbocycles. The number of hydrogen-bond acceptors (Lipinski definition) is 5. The number of hydrogen-bond donors (Lipinski definition) is 1. The highest BCUT2D eigenvalue weighted by Crippen LogP contribution is 2.28. The molecule has 7 nitrogen and oxygen atoms in total. The average molecular weight is 397 g/mol. The fraction of sp³-hybridized carbons (Fsp3) is 0.176. The monoisotopic (exact) mass is 396 g/mol. The lowest BCUT2D eigenvalue weighted by Gasteiger charge is -2.10. The van der Waals surface area contributed by atoms with Gasteiger partial charge in [-0.25, -0.2) is 4.79 Å². The molecule has 0 atom stereocenters. The number of carbonyl (C=O) groups excluding carboxylic acids is 2. The third kappa shape index (κ3) is 4.71. The number of halogens is 2. The van der Waals surface area contributed by atoms with Gasteiger partial charge in [-0.05, 0) is 49.2 Å². The summed E-state index contributed by atoms with van der Waals surface area (Å²) < 4.78 is 4.89. The molecule has 0 saturated carbocycles. The van der Waals surface area contributed by atoms with Crippen LogP contribution >= 0.6 is 23.2 Å². The van der Waals surface area contributed by atoms with Crippen molar-refractivity contribution in [3.63, 3.8) is 0 Å². The SMILES string of the molecule is Cc1cc(NC(=O)COC(=O)c2ccc(Cl)cc2Cl)c([N+](=O)[O-])cc1C. The van der Waals surface area contributed by atoms with Crippen LogP contribution in [0.25, 0.3) is 0 Å². The fourth-order valence-corrected chi connectivity index (χ4v) is 2.59. The molecule has 0 fully saturated rings. The van der Waals surface area contributed by atoms with E-state index in [1.165, 1.54) is 30.3 Å². The van der Waals surface area contributed by atoms with Crippen molar-refractivity contribution < 1.29 is 19.2 Å². The highest BCUT2D eigenvalue weighted by Gasteiger charge is 2.19. The third-order valence-electron chi connectivity index (χ3n) is 3.57. The van der Waals surface area contributed by atoms with Crippen LogP contribution in [0.4, 0.5) is 11.4 Å². The molecule has 1 amide bonds. The Morgan fingerprint density at radius 3 is 2.42 bits per heavy atom. The van der Waals surface area contributed by atoms with Gasteiger partial charge in [-0.3, -0.25) is 14.9 Å². The summed E-state index contributed by atoms with van der Waals surface area (Å²) >= 11 is 11.6. The molecule has 0 aliphatic heterocycles. The highest BCUT2D eigenvalue weighted by molar-refractivity contribution is 6.36. The van der Waals surface area contributed by atoms with Crippen LogP contribution in [-0.2, 0) is 9.53 Å². The zero-order chi connectivity index (χ0) is 19.4. The number of carbonyl (C=O) groups is 2. The van der Waals surface area contributed by atoms with E-state index in [-0.39, 0.29) is 22.0 Å². The van der Waals surface area contributed by atoms with Crippen molar-refractivity contribution in [2.45, 2.75) is 13.8 Å². The lowest BCUT2D eigenvalue weighted by Crippen LogP contribution is -2.21. The number of ether oxygens (including phenoxy) is 1. The predicted molar refractivity (Wildman–Crippen MR) is 97.9 cm³/mol. The van der Waals surface area contributed by atoms with Crippen molar-refractivity contribution in [2.24, 2.45) is 0 Å². The van der Waals surface area contributed by atoms with Crippen molar-refractivity contribution in [2.75, 3.05) is 11.9 Å². The quantitative estimate of drug-likeness (QED) is 0.461. The Morgan fingerprint density at radius 2 is 1.81 bits per heavy atom. The number of anilines is 1. The van der Waals surface area contributed by atoms with E-state index in [1.54, 1.807) is 13.8 Å². The lowest BCUT2D eigenvalue weighted by molar-refractivity contribution is -0.384. The van der Waals surface area contributed by atoms with Gasteiger partial charge >= 0.3 is 5.97 Å². The van der Waals surface area contributed by atoms with E-state index in [4.69, 9.17) is 27.9 Å². The maximum Gasteiger partial charge on any atom is 0.340 e. The Morgan fingerprint density at radius 1 is 1.15 bits per heavy atom. The van der Waals surface area contributed by atoms with Crippen LogP contribution in [0.15, 0.2) is 30.3 Å². The number of nitrogens with one attached hydrogen (secondary N) is 1. The molecule has 2 aromatic rings. The molecule has 0 unspecified atom stereocenters. The van der Waals surface area contributed by atoms with Gasteiger partial charge in [-0.15, -0.1) is 0 Å². The van der Waals surface area contributed by atoms with Gasteiger partial charge in [0.1, 0.15) is 5.69 Å². The molecule has 136 valence electrons. The van der Waals surface area contributed by atoms with Crippen LogP contribution in [0.1, 0.15) is 21.5 Å². The maximum absolute atomic E-state index is 12.0. The number of nitrogens with zero attached hydrogens (tertiary/aromatic N) is 1. The first-order valence-electron chi connectivity index (χ1n) is 7.36. The van der Waals surface area contributed by atoms with Gasteiger partial charge in [0.15, 0.2) is 6.61 Å². The van der Waals surface area contributed by atoms with E-state index in [9.17, 15) is 19.7 Å². The molecule has 0 spiro atoms. The van der Waals surface area contributed by atoms with Gasteiger partial charge in [0, 0.05) is 11.1 Å². The number of rotatable bonds is 5. The summed E-state index contributed by atoms with van der Waals surface area (Å²) in [6.45, 7) is 2.87. The van der Waals surface area contributed by atoms with Gasteiger partial charge in [-0.1, -0.05) is 23.2 Å². The third-order valence-corrected chi connectivity index (χ3v) is 4.12. The van der Waals surface area contributed by atoms with Gasteiger partial charge < -0.3 is 10.1 Å². The van der Waals surface area contributed by atoms with Crippen LogP contribution < -0.4 is 5.32 Å². The summed E-state index contributed by atoms with van der Waals surface area (Å²) in [4.78, 5) is 34.5. The van der Waals surface area contributed by atoms with Crippen LogP contribution in [0.5, 0.6) is 0 Å². The van der Waals surface area contributed by atoms with Gasteiger partial charge in [0.2, 0.25) is 0 Å². The lowest BCUT2D eigenvalue weighted by atomic mass is 10.1. The van der Waals surface area contributed by atoms with Crippen LogP contribution in [0.3, 0.4) is 0 Å². The van der Waals surface area contributed by atoms with Gasteiger partial charge in [0.25, 0.3) is 11.6 Å². The Bertz CT molecular complexity index is 899. The molecule has 1 N–H and O–H groups in total. The van der Waals surface area contributed by atoms with E-state index >= 15 is 0 Å². The molecular formula is C17H14Cl2N2O5. The van der Waals surface area contributed by atoms with Gasteiger partial charge in [0.05, 0.1) is 15.5 Å². The fourth-order valence-electron chi connectivity index (χ4n) is 2.10. The van der Waals surface area contributed by atoms with E-state index in [1.807, 2.05) is 0 Å². The zero-order valence-corrected chi connectivity index (χ0v) is 15.4. The normalized spacial score (nSPS) is 10.3. The second kappa shape index (κ2) is 8.16. The molecule has 0 heterocycles. The first-order chi connectivity index (χ1) is 12.2. The summed E-state index contributed by atoms with van der Waals surface area (Å²) in [5, 5.41) is 13.9. The summed E-state index contributed by atoms with van der Waals surface area (Å²) in [5.74, 6) is -1.52. The summed E-state index contributed by atoms with van der Waals surface area (Å²) in [7, 11) is 0. The minimum atomic E-state index is -0.809. The predicted octanol–water partition coefficient (Wildman–Crippen LogP) is 4.31. The second-order valence-electron chi connectivity index (χ2n) is 5.46. The van der Waals surface area contributed by atoms with Crippen LogP contribution in [0, 0.1) is 24.0 Å². The molecule has 0 aliphatic carbocycles. The van der Waals surface area contributed by atoms with E-state index in [0.717, 1.165) is 11.1 Å². The smallest absolute Gasteiger partial charge is 0.340 e. The number of nitro groups is 1. The molecule has 9 heteroatoms. The summed E-state index contributed by atoms with van der Waals surface area (Å²) in [5.41, 5.74) is 1.34. The zero-order valence-electron chi connectivity index (χ0n) is 13.8. The molecule has 0 saturated heterocycles. The minimum Gasteiger partial charge on any atom is -0.452 e. The van der Waals surface area contributed by atoms with E-state index < -0.39 is 23.4 Å². The molecule has 0 radical (unpaired) electrons. The maximum atomic E-state index is 12.0. The summed E-state index contributed by atoms with van der Waals surface area (Å²) in [6, 6.07) is 7.06. The van der Waals surface area contributed by atoms with Crippen molar-refractivity contribution in [3.8, 4) is 0 Å². The second-order valence-corrected chi connectivity index (χ2v) is 6.30. The van der Waals surface area contributed by atoms with Crippen molar-refractivity contribution in [1.82, 2.24) is 0 Å². The van der Waals surface area contributed by atoms with Crippen molar-refractivity contribution in [3.05, 3.63) is 67.2 Å². The number of nitro benzene ring substituents is 1. The Kier molecular flexibility index (Phi) is 6.18. The topological polar surface area (TPSA) is 98.5 Å². The Hall–Kier alpha value is -2.64. The molecular weight excluding hydrogens is 383 g/mol. The van der Waals surface area contributed by atoms with E-state index in [0.29, 0.717) is 5.02 Å².